The number of nitrogens with zero attached hydrogens (tertiary/aromatic N) is 2. The summed E-state index contributed by atoms with van der Waals surface area (Å²) in [6.07, 6.45) is -28.6. The van der Waals surface area contributed by atoms with Crippen LogP contribution in [0.4, 0.5) is 74.6 Å². The molecule has 0 aliphatic carbocycles. The van der Waals surface area contributed by atoms with Crippen LogP contribution in [0.15, 0.2) is 36.9 Å². The molecule has 1 aromatic heterocycles. The van der Waals surface area contributed by atoms with Gasteiger partial charge in [0.2, 0.25) is 0 Å². The summed E-state index contributed by atoms with van der Waals surface area (Å²) in [6, 6.07) is 4.94. The molecule has 328 valence electrons. The van der Waals surface area contributed by atoms with Crippen molar-refractivity contribution in [1.82, 2.24) is 9.97 Å². The Kier molecular flexibility index (Phi) is 18.1. The average Bonchev–Trinajstić information content (AvgIpc) is 3.09. The monoisotopic (exact) mass is 862 g/mol. The zero-order chi connectivity index (χ0) is 43.3. The zero-order valence-electron chi connectivity index (χ0n) is 30.0. The molecule has 23 heteroatoms. The average molecular weight is 863 g/mol. The highest BCUT2D eigenvalue weighted by Crippen LogP contribution is 2.56. The van der Waals surface area contributed by atoms with Gasteiger partial charge < -0.3 is 9.47 Å². The molecule has 0 saturated heterocycles. The highest BCUT2D eigenvalue weighted by molar-refractivity contribution is 5.68. The summed E-state index contributed by atoms with van der Waals surface area (Å²) in [5, 5.41) is 0. The zero-order valence-corrected chi connectivity index (χ0v) is 30.0. The molecule has 2 atom stereocenters. The number of benzene rings is 1. The second-order valence-corrected chi connectivity index (χ2v) is 12.8. The molecule has 0 radical (unpaired) electrons. The van der Waals surface area contributed by atoms with E-state index in [-0.39, 0.29) is 32.3 Å². The van der Waals surface area contributed by atoms with Gasteiger partial charge >= 0.3 is 42.5 Å². The van der Waals surface area contributed by atoms with Crippen molar-refractivity contribution in [3.63, 3.8) is 0 Å². The van der Waals surface area contributed by atoms with Crippen molar-refractivity contribution in [3.8, 4) is 16.9 Å². The molecule has 0 bridgehead atoms. The molecule has 0 amide bonds. The molecule has 0 saturated carbocycles. The van der Waals surface area contributed by atoms with Gasteiger partial charge in [0.1, 0.15) is 37.6 Å². The van der Waals surface area contributed by atoms with E-state index in [1.165, 1.54) is 18.7 Å². The first-order valence-corrected chi connectivity index (χ1v) is 17.3. The number of unbranched alkanes of at least 4 members (excludes halogenated alkanes) is 6. The van der Waals surface area contributed by atoms with E-state index in [0.717, 1.165) is 32.1 Å². The van der Waals surface area contributed by atoms with E-state index < -0.39 is 74.4 Å². The standard InChI is InChI=1S/C34H39F17N2O4/c1-2-3-4-5-6-7-11-24(36)19-55-27-15-10-14-25(22-16-52-21-53-17-22)26(27)13-9-8-12-23(35)18-54-20-28(37,38)56-33(48,49)34(50,51)57-32(46,47)30(41,42)29(39,40)31(43,44)45/h10,14-17,21,23-24H,2-9,11-13,18-20H2,1H3/t23-,24-/m0/s1. The second kappa shape index (κ2) is 20.7. The summed E-state index contributed by atoms with van der Waals surface area (Å²) >= 11 is 0. The van der Waals surface area contributed by atoms with Crippen LogP contribution in [0.1, 0.15) is 76.7 Å². The lowest BCUT2D eigenvalue weighted by Crippen LogP contribution is -2.64. The van der Waals surface area contributed by atoms with Crippen LogP contribution in [0, 0.1) is 0 Å². The van der Waals surface area contributed by atoms with Gasteiger partial charge in [-0.3, -0.25) is 0 Å². The number of ether oxygens (including phenoxy) is 4. The smallest absolute Gasteiger partial charge is 0.460 e. The highest BCUT2D eigenvalue weighted by atomic mass is 19.4. The molecule has 0 aliphatic heterocycles. The molecule has 2 aromatic rings. The van der Waals surface area contributed by atoms with Crippen LogP contribution < -0.4 is 4.74 Å². The van der Waals surface area contributed by atoms with Crippen molar-refractivity contribution in [2.24, 2.45) is 0 Å². The minimum absolute atomic E-state index is 0.00805. The highest BCUT2D eigenvalue weighted by Gasteiger charge is 2.85. The normalized spacial score (nSPS) is 14.8. The molecule has 57 heavy (non-hydrogen) atoms. The molecule has 0 aliphatic rings. The van der Waals surface area contributed by atoms with Gasteiger partial charge in [0.05, 0.1) is 6.61 Å². The molecule has 0 spiro atoms. The maximum absolute atomic E-state index is 14.7. The lowest BCUT2D eigenvalue weighted by Gasteiger charge is -2.36. The van der Waals surface area contributed by atoms with Crippen LogP contribution in [-0.4, -0.2) is 84.6 Å². The third-order valence-electron chi connectivity index (χ3n) is 8.05. The Bertz CT molecular complexity index is 1480. The van der Waals surface area contributed by atoms with E-state index >= 15 is 0 Å². The van der Waals surface area contributed by atoms with Gasteiger partial charge in [-0.15, -0.1) is 0 Å². The summed E-state index contributed by atoms with van der Waals surface area (Å²) in [6.45, 7) is -2.00. The number of rotatable bonds is 27. The van der Waals surface area contributed by atoms with E-state index in [2.05, 4.69) is 26.4 Å². The van der Waals surface area contributed by atoms with Gasteiger partial charge in [0, 0.05) is 23.5 Å². The van der Waals surface area contributed by atoms with Crippen LogP contribution in [0.2, 0.25) is 0 Å². The quantitative estimate of drug-likeness (QED) is 0.0659. The fourth-order valence-electron chi connectivity index (χ4n) is 5.06. The van der Waals surface area contributed by atoms with Gasteiger partial charge in [-0.05, 0) is 37.3 Å². The summed E-state index contributed by atoms with van der Waals surface area (Å²) in [5.41, 5.74) is 1.73. The fraction of sp³-hybridized carbons (Fsp3) is 0.706. The summed E-state index contributed by atoms with van der Waals surface area (Å²) in [5.74, 6) is -15.5. The molecule has 1 heterocycles. The predicted molar refractivity (Wildman–Crippen MR) is 167 cm³/mol. The minimum atomic E-state index is -7.97. The Labute approximate surface area is 315 Å². The number of hydrogen-bond acceptors (Lipinski definition) is 6. The maximum Gasteiger partial charge on any atom is 0.460 e. The predicted octanol–water partition coefficient (Wildman–Crippen LogP) is 11.9. The summed E-state index contributed by atoms with van der Waals surface area (Å²) in [7, 11) is 0. The first kappa shape index (κ1) is 49.9. The van der Waals surface area contributed by atoms with Gasteiger partial charge in [0.15, 0.2) is 0 Å². The van der Waals surface area contributed by atoms with Gasteiger partial charge in [-0.2, -0.15) is 65.9 Å². The van der Waals surface area contributed by atoms with Crippen LogP contribution in [0.5, 0.6) is 5.75 Å². The Hall–Kier alpha value is -3.21. The number of aromatic nitrogens is 2. The van der Waals surface area contributed by atoms with E-state index in [0.29, 0.717) is 28.9 Å². The second-order valence-electron chi connectivity index (χ2n) is 12.8. The van der Waals surface area contributed by atoms with Gasteiger partial charge in [0.25, 0.3) is 0 Å². The Balaban J connectivity index is 1.95. The number of halogens is 17. The van der Waals surface area contributed by atoms with Crippen LogP contribution in [0.25, 0.3) is 11.1 Å². The molecular formula is C34H39F17N2O4. The van der Waals surface area contributed by atoms with Crippen molar-refractivity contribution < 1.29 is 93.6 Å². The Morgan fingerprint density at radius 3 is 1.75 bits per heavy atom. The van der Waals surface area contributed by atoms with Crippen molar-refractivity contribution in [3.05, 3.63) is 42.5 Å². The molecule has 2 rings (SSSR count). The van der Waals surface area contributed by atoms with Crippen molar-refractivity contribution in [1.29, 1.82) is 0 Å². The third-order valence-corrected chi connectivity index (χ3v) is 8.05. The van der Waals surface area contributed by atoms with Gasteiger partial charge in [-0.1, -0.05) is 64.0 Å². The maximum atomic E-state index is 14.7. The topological polar surface area (TPSA) is 62.7 Å². The Morgan fingerprint density at radius 1 is 0.614 bits per heavy atom. The van der Waals surface area contributed by atoms with Crippen molar-refractivity contribution in [2.45, 2.75) is 132 Å². The van der Waals surface area contributed by atoms with E-state index in [1.807, 2.05) is 0 Å². The van der Waals surface area contributed by atoms with Crippen LogP contribution >= 0.6 is 0 Å². The fourth-order valence-corrected chi connectivity index (χ4v) is 5.06. The molecule has 6 nitrogen and oxygen atoms in total. The van der Waals surface area contributed by atoms with E-state index in [1.54, 1.807) is 22.9 Å². The largest absolute Gasteiger partial charge is 0.490 e. The molecular weight excluding hydrogens is 823 g/mol. The summed E-state index contributed by atoms with van der Waals surface area (Å²) < 4.78 is 241. The third kappa shape index (κ3) is 14.2. The Morgan fingerprint density at radius 2 is 1.16 bits per heavy atom. The van der Waals surface area contributed by atoms with Crippen molar-refractivity contribution >= 4 is 0 Å². The van der Waals surface area contributed by atoms with E-state index in [9.17, 15) is 74.6 Å². The SMILES string of the molecule is CCCCCCCC[C@H](F)COc1cccc(-c2cncnc2)c1CCCC[C@H](F)COCC(F)(F)OC(F)(F)C(F)(F)OC(F)(F)C(F)(F)C(F)(F)C(F)(F)F. The lowest BCUT2D eigenvalue weighted by atomic mass is 9.96. The van der Waals surface area contributed by atoms with Gasteiger partial charge in [-0.25, -0.2) is 28.2 Å². The number of alkyl halides is 17. The first-order valence-electron chi connectivity index (χ1n) is 17.3. The molecule has 0 fully saturated rings. The van der Waals surface area contributed by atoms with Crippen molar-refractivity contribution in [2.75, 3.05) is 19.8 Å². The van der Waals surface area contributed by atoms with E-state index in [4.69, 9.17) is 4.74 Å². The number of hydrogen-bond donors (Lipinski definition) is 0. The van der Waals surface area contributed by atoms with Crippen LogP contribution in [0.3, 0.4) is 0 Å². The first-order chi connectivity index (χ1) is 26.2. The molecule has 0 unspecified atom stereocenters. The summed E-state index contributed by atoms with van der Waals surface area (Å²) in [4.78, 5) is 7.92. The lowest BCUT2D eigenvalue weighted by molar-refractivity contribution is -0.543. The molecule has 0 N–H and O–H groups in total. The molecule has 1 aromatic carbocycles. The minimum Gasteiger partial charge on any atom is -0.490 e. The van der Waals surface area contributed by atoms with Crippen LogP contribution in [-0.2, 0) is 20.6 Å².